The summed E-state index contributed by atoms with van der Waals surface area (Å²) in [5.74, 6) is -0.408. The Kier molecular flexibility index (Phi) is 9.82. The third kappa shape index (κ3) is 6.87. The van der Waals surface area contributed by atoms with Gasteiger partial charge in [0.15, 0.2) is 6.29 Å². The van der Waals surface area contributed by atoms with Crippen molar-refractivity contribution in [1.29, 1.82) is 0 Å². The summed E-state index contributed by atoms with van der Waals surface area (Å²) in [5.41, 5.74) is 4.02. The van der Waals surface area contributed by atoms with E-state index in [1.165, 1.54) is 17.7 Å². The molecule has 0 unspecified atom stereocenters. The Bertz CT molecular complexity index is 882. The number of nitrogens with zero attached hydrogens (tertiary/aromatic N) is 3. The number of aldehydes is 1. The summed E-state index contributed by atoms with van der Waals surface area (Å²) >= 11 is 0. The van der Waals surface area contributed by atoms with Crippen molar-refractivity contribution < 1.29 is 14.1 Å². The number of fused-ring (bicyclic) bond motifs is 1. The fraction of sp³-hybridized carbons (Fsp3) is 0.364. The molecule has 0 saturated carbocycles. The predicted molar refractivity (Wildman–Crippen MR) is 115 cm³/mol. The highest BCUT2D eigenvalue weighted by molar-refractivity contribution is 5.85. The topological polar surface area (TPSA) is 75.8 Å². The highest BCUT2D eigenvalue weighted by atomic mass is 19.1. The minimum absolute atomic E-state index is 0.194. The van der Waals surface area contributed by atoms with Gasteiger partial charge in [-0.2, -0.15) is 0 Å². The number of non-ortho nitro benzene ring substituents is 1. The van der Waals surface area contributed by atoms with Crippen LogP contribution in [0.3, 0.4) is 0 Å². The maximum Gasteiger partial charge on any atom is 0.269 e. The number of benzene rings is 2. The van der Waals surface area contributed by atoms with Gasteiger partial charge in [0, 0.05) is 37.0 Å². The van der Waals surface area contributed by atoms with Crippen LogP contribution in [0.25, 0.3) is 0 Å². The minimum atomic E-state index is -0.408. The van der Waals surface area contributed by atoms with Crippen LogP contribution in [0.1, 0.15) is 47.8 Å². The molecule has 0 atom stereocenters. The quantitative estimate of drug-likeness (QED) is 0.304. The van der Waals surface area contributed by atoms with Crippen LogP contribution in [0.4, 0.5) is 15.8 Å². The summed E-state index contributed by atoms with van der Waals surface area (Å²) in [4.78, 5) is 27.0. The third-order valence-corrected chi connectivity index (χ3v) is 4.28. The molecule has 0 saturated heterocycles. The van der Waals surface area contributed by atoms with Crippen molar-refractivity contribution in [3.8, 4) is 0 Å². The molecule has 0 aliphatic carbocycles. The molecule has 29 heavy (non-hydrogen) atoms. The molecule has 0 amide bonds. The number of carbonyl (C=O) groups is 1. The molecule has 2 aromatic carbocycles. The molecular weight excluding hydrogens is 373 g/mol. The van der Waals surface area contributed by atoms with Crippen LogP contribution in [-0.2, 0) is 13.0 Å². The molecule has 2 aromatic rings. The van der Waals surface area contributed by atoms with Crippen LogP contribution in [-0.4, -0.2) is 35.9 Å². The molecule has 6 nitrogen and oxygen atoms in total. The van der Waals surface area contributed by atoms with Crippen LogP contribution in [0.2, 0.25) is 0 Å². The zero-order valence-electron chi connectivity index (χ0n) is 17.6. The number of rotatable bonds is 3. The molecule has 0 spiro atoms. The van der Waals surface area contributed by atoms with Gasteiger partial charge in [-0.3, -0.25) is 19.9 Å². The third-order valence-electron chi connectivity index (χ3n) is 4.28. The highest BCUT2D eigenvalue weighted by Crippen LogP contribution is 2.24. The van der Waals surface area contributed by atoms with E-state index in [4.69, 9.17) is 0 Å². The van der Waals surface area contributed by atoms with Gasteiger partial charge >= 0.3 is 0 Å². The predicted octanol–water partition coefficient (Wildman–Crippen LogP) is 5.28. The first-order valence-electron chi connectivity index (χ1n) is 9.54. The van der Waals surface area contributed by atoms with E-state index in [1.807, 2.05) is 27.0 Å². The molecule has 156 valence electrons. The number of likely N-dealkylation sites (N-methyl/N-ethyl adjacent to an activating group) is 1. The molecule has 1 aliphatic heterocycles. The molecule has 3 rings (SSSR count). The smallest absolute Gasteiger partial charge is 0.269 e. The number of nitro groups is 1. The van der Waals surface area contributed by atoms with E-state index < -0.39 is 5.82 Å². The van der Waals surface area contributed by atoms with Crippen molar-refractivity contribution in [3.05, 3.63) is 68.5 Å². The minimum Gasteiger partial charge on any atom is -0.302 e. The summed E-state index contributed by atoms with van der Waals surface area (Å²) in [6.45, 7) is 9.32. The number of aliphatic imine (C=N–C) groups is 1. The Morgan fingerprint density at radius 2 is 1.90 bits per heavy atom. The molecule has 0 aromatic heterocycles. The Morgan fingerprint density at radius 1 is 1.21 bits per heavy atom. The second-order valence-corrected chi connectivity index (χ2v) is 6.36. The van der Waals surface area contributed by atoms with Crippen molar-refractivity contribution >= 4 is 23.9 Å². The lowest BCUT2D eigenvalue weighted by atomic mass is 10.00. The second kappa shape index (κ2) is 11.8. The van der Waals surface area contributed by atoms with Gasteiger partial charge in [0.2, 0.25) is 0 Å². The van der Waals surface area contributed by atoms with Crippen LogP contribution in [0, 0.1) is 22.9 Å². The van der Waals surface area contributed by atoms with E-state index >= 15 is 0 Å². The second-order valence-electron chi connectivity index (χ2n) is 6.36. The first kappa shape index (κ1) is 24.1. The molecule has 0 radical (unpaired) electrons. The van der Waals surface area contributed by atoms with Gasteiger partial charge < -0.3 is 4.90 Å². The molecule has 1 aliphatic rings. The van der Waals surface area contributed by atoms with E-state index in [0.717, 1.165) is 25.1 Å². The van der Waals surface area contributed by atoms with E-state index in [9.17, 15) is 19.3 Å². The number of halogens is 1. The van der Waals surface area contributed by atoms with Gasteiger partial charge in [-0.15, -0.1) is 0 Å². The lowest BCUT2D eigenvalue weighted by molar-refractivity contribution is -0.385. The van der Waals surface area contributed by atoms with E-state index in [2.05, 4.69) is 9.89 Å². The Balaban J connectivity index is 0.000000268. The first-order valence-corrected chi connectivity index (χ1v) is 9.54. The zero-order valence-corrected chi connectivity index (χ0v) is 17.6. The number of aryl methyl sites for hydroxylation is 1. The number of nitro benzene ring substituents is 1. The fourth-order valence-corrected chi connectivity index (χ4v) is 2.95. The highest BCUT2D eigenvalue weighted by Gasteiger charge is 2.16. The van der Waals surface area contributed by atoms with Gasteiger partial charge in [0.05, 0.1) is 10.6 Å². The summed E-state index contributed by atoms with van der Waals surface area (Å²) in [6.07, 6.45) is 3.18. The fourth-order valence-electron chi connectivity index (χ4n) is 2.95. The molecule has 0 bridgehead atoms. The average molecular weight is 401 g/mol. The monoisotopic (exact) mass is 401 g/mol. The van der Waals surface area contributed by atoms with Crippen molar-refractivity contribution in [2.45, 2.75) is 40.7 Å². The molecule has 0 N–H and O–H groups in total. The zero-order chi connectivity index (χ0) is 22.0. The van der Waals surface area contributed by atoms with Gasteiger partial charge in [0.25, 0.3) is 5.69 Å². The summed E-state index contributed by atoms with van der Waals surface area (Å²) in [6, 6.07) is 7.69. The van der Waals surface area contributed by atoms with Crippen LogP contribution in [0.15, 0.2) is 35.3 Å². The Hall–Kier alpha value is -2.93. The standard InChI is InChI=1S/C10H10FNO.C10H12N2O2.C2H6/c1-3-12-10-7(2)4-9(11)5-8(10)6-13;1-11-5-4-8-2-3-10(12(13)14)6-9(8)7-11;1-2/h3-6H,1-2H3;2-3,6H,4-5,7H2,1H3;1-2H3. The molecule has 0 fully saturated rings. The maximum atomic E-state index is 12.8. The van der Waals surface area contributed by atoms with Crippen molar-refractivity contribution in [1.82, 2.24) is 4.90 Å². The Morgan fingerprint density at radius 3 is 2.48 bits per heavy atom. The summed E-state index contributed by atoms with van der Waals surface area (Å²) in [7, 11) is 2.03. The number of hydrogen-bond acceptors (Lipinski definition) is 5. The molecule has 7 heteroatoms. The normalized spacial score (nSPS) is 12.9. The van der Waals surface area contributed by atoms with Crippen molar-refractivity contribution in [2.24, 2.45) is 4.99 Å². The van der Waals surface area contributed by atoms with Crippen LogP contribution in [0.5, 0.6) is 0 Å². The first-order chi connectivity index (χ1) is 13.8. The number of hydrogen-bond donors (Lipinski definition) is 0. The molecular formula is C22H28FN3O3. The maximum absolute atomic E-state index is 12.8. The Labute approximate surface area is 171 Å². The van der Waals surface area contributed by atoms with Crippen LogP contribution < -0.4 is 0 Å². The lowest BCUT2D eigenvalue weighted by Gasteiger charge is -2.24. The molecule has 1 heterocycles. The van der Waals surface area contributed by atoms with E-state index in [0.29, 0.717) is 17.5 Å². The van der Waals surface area contributed by atoms with Gasteiger partial charge in [0.1, 0.15) is 5.82 Å². The van der Waals surface area contributed by atoms with Gasteiger partial charge in [-0.1, -0.05) is 19.9 Å². The van der Waals surface area contributed by atoms with Crippen LogP contribution >= 0.6 is 0 Å². The largest absolute Gasteiger partial charge is 0.302 e. The van der Waals surface area contributed by atoms with Crippen molar-refractivity contribution in [2.75, 3.05) is 13.6 Å². The lowest BCUT2D eigenvalue weighted by Crippen LogP contribution is -2.26. The number of carbonyl (C=O) groups excluding carboxylic acids is 1. The summed E-state index contributed by atoms with van der Waals surface area (Å²) in [5, 5.41) is 10.6. The van der Waals surface area contributed by atoms with E-state index in [-0.39, 0.29) is 16.2 Å². The average Bonchev–Trinajstić information content (AvgIpc) is 2.71. The SMILES string of the molecule is CC.CC=Nc1c(C)cc(F)cc1C=O.CN1CCc2ccc([N+](=O)[O-])cc2C1. The van der Waals surface area contributed by atoms with E-state index in [1.54, 1.807) is 32.2 Å². The van der Waals surface area contributed by atoms with Crippen molar-refractivity contribution in [3.63, 3.8) is 0 Å². The van der Waals surface area contributed by atoms with Gasteiger partial charge in [-0.05, 0) is 56.1 Å². The summed E-state index contributed by atoms with van der Waals surface area (Å²) < 4.78 is 12.8. The van der Waals surface area contributed by atoms with Gasteiger partial charge in [-0.25, -0.2) is 4.39 Å².